The Morgan fingerprint density at radius 1 is 1.06 bits per heavy atom. The smallest absolute Gasteiger partial charge is 0.336 e. The fourth-order valence-corrected chi connectivity index (χ4v) is 3.99. The minimum absolute atomic E-state index is 0.0312. The topological polar surface area (TPSA) is 84.9 Å². The molecule has 0 aromatic heterocycles. The van der Waals surface area contributed by atoms with E-state index in [1.165, 1.54) is 4.90 Å². The molecule has 0 fully saturated rings. The van der Waals surface area contributed by atoms with Crippen LogP contribution in [0.1, 0.15) is 52.5 Å². The fraction of sp³-hybridized carbons (Fsp3) is 0.393. The second-order valence-corrected chi connectivity index (χ2v) is 9.04. The molecule has 1 heterocycles. The summed E-state index contributed by atoms with van der Waals surface area (Å²) in [6, 6.07) is 16.7. The van der Waals surface area contributed by atoms with Crippen LogP contribution >= 0.6 is 0 Å². The van der Waals surface area contributed by atoms with E-state index in [9.17, 15) is 14.4 Å². The lowest BCUT2D eigenvalue weighted by molar-refractivity contribution is -0.141. The third kappa shape index (κ3) is 6.50. The van der Waals surface area contributed by atoms with Crippen LogP contribution in [-0.2, 0) is 19.1 Å². The lowest BCUT2D eigenvalue weighted by atomic mass is 9.83. The van der Waals surface area contributed by atoms with Gasteiger partial charge in [-0.15, -0.1) is 0 Å². The number of benzene rings is 2. The summed E-state index contributed by atoms with van der Waals surface area (Å²) in [7, 11) is 0. The molecule has 2 amide bonds. The minimum Gasteiger partial charge on any atom is -0.463 e. The van der Waals surface area contributed by atoms with Crippen molar-refractivity contribution in [1.29, 1.82) is 0 Å². The van der Waals surface area contributed by atoms with Gasteiger partial charge in [0.05, 0.1) is 12.2 Å². The number of para-hydroxylation sites is 1. The largest absolute Gasteiger partial charge is 0.463 e. The zero-order valence-electron chi connectivity index (χ0n) is 21.0. The maximum Gasteiger partial charge on any atom is 0.336 e. The van der Waals surface area contributed by atoms with Gasteiger partial charge >= 0.3 is 5.97 Å². The highest BCUT2D eigenvalue weighted by Gasteiger charge is 2.37. The van der Waals surface area contributed by atoms with Crippen molar-refractivity contribution < 1.29 is 23.9 Å². The average molecular weight is 479 g/mol. The Bertz CT molecular complexity index is 1090. The summed E-state index contributed by atoms with van der Waals surface area (Å²) in [4.78, 5) is 40.2. The van der Waals surface area contributed by atoms with Crippen LogP contribution in [0.4, 0.5) is 0 Å². The monoisotopic (exact) mass is 478 g/mol. The molecule has 2 atom stereocenters. The molecular formula is C28H34N2O5. The van der Waals surface area contributed by atoms with Gasteiger partial charge in [0.1, 0.15) is 18.0 Å². The summed E-state index contributed by atoms with van der Waals surface area (Å²) in [5, 5.41) is 2.92. The van der Waals surface area contributed by atoms with E-state index in [1.807, 2.05) is 75.4 Å². The summed E-state index contributed by atoms with van der Waals surface area (Å²) in [6.07, 6.45) is 0.0489. The van der Waals surface area contributed by atoms with Crippen molar-refractivity contribution >= 4 is 17.8 Å². The first kappa shape index (κ1) is 26.0. The van der Waals surface area contributed by atoms with Crippen LogP contribution in [0.25, 0.3) is 0 Å². The van der Waals surface area contributed by atoms with Crippen LogP contribution in [0.5, 0.6) is 11.5 Å². The lowest BCUT2D eigenvalue weighted by Gasteiger charge is -2.34. The Hall–Kier alpha value is -3.61. The Morgan fingerprint density at radius 3 is 2.40 bits per heavy atom. The fourth-order valence-electron chi connectivity index (χ4n) is 3.99. The first-order valence-corrected chi connectivity index (χ1v) is 12.0. The van der Waals surface area contributed by atoms with Gasteiger partial charge < -0.3 is 19.7 Å². The van der Waals surface area contributed by atoms with Crippen molar-refractivity contribution in [3.05, 3.63) is 71.4 Å². The third-order valence-electron chi connectivity index (χ3n) is 6.25. The molecule has 1 aliphatic rings. The first-order valence-electron chi connectivity index (χ1n) is 12.0. The highest BCUT2D eigenvalue weighted by Crippen LogP contribution is 2.38. The van der Waals surface area contributed by atoms with Crippen molar-refractivity contribution in [2.45, 2.75) is 53.0 Å². The van der Waals surface area contributed by atoms with E-state index in [0.29, 0.717) is 22.8 Å². The van der Waals surface area contributed by atoms with Crippen molar-refractivity contribution in [3.63, 3.8) is 0 Å². The number of nitrogens with zero attached hydrogens (tertiary/aromatic N) is 1. The molecule has 0 spiro atoms. The molecule has 35 heavy (non-hydrogen) atoms. The molecule has 186 valence electrons. The Morgan fingerprint density at radius 2 is 1.74 bits per heavy atom. The number of carbonyl (C=O) groups excluding carboxylic acids is 3. The van der Waals surface area contributed by atoms with Gasteiger partial charge in [0, 0.05) is 24.1 Å². The number of amides is 2. The number of hydrogen-bond acceptors (Lipinski definition) is 5. The molecule has 0 aliphatic carbocycles. The number of hydrogen-bond donors (Lipinski definition) is 1. The van der Waals surface area contributed by atoms with Gasteiger partial charge in [-0.25, -0.2) is 4.79 Å². The molecule has 7 heteroatoms. The van der Waals surface area contributed by atoms with Crippen LogP contribution in [0, 0.1) is 5.92 Å². The van der Waals surface area contributed by atoms with Gasteiger partial charge in [0.15, 0.2) is 0 Å². The highest BCUT2D eigenvalue weighted by atomic mass is 16.5. The Balaban J connectivity index is 1.92. The molecule has 0 saturated heterocycles. The maximum atomic E-state index is 13.2. The number of ether oxygens (including phenoxy) is 2. The quantitative estimate of drug-likeness (QED) is 0.524. The van der Waals surface area contributed by atoms with Crippen molar-refractivity contribution in [2.24, 2.45) is 5.92 Å². The molecule has 1 aliphatic heterocycles. The van der Waals surface area contributed by atoms with E-state index in [2.05, 4.69) is 5.32 Å². The Kier molecular flexibility index (Phi) is 8.68. The molecule has 2 unspecified atom stereocenters. The zero-order chi connectivity index (χ0) is 25.5. The average Bonchev–Trinajstić information content (AvgIpc) is 2.82. The molecule has 3 rings (SSSR count). The molecule has 0 radical (unpaired) electrons. The number of rotatable bonds is 9. The minimum atomic E-state index is -0.505. The number of allylic oxidation sites excluding steroid dienone is 1. The van der Waals surface area contributed by atoms with Gasteiger partial charge in [0.2, 0.25) is 11.8 Å². The molecule has 2 aromatic carbocycles. The molecule has 7 nitrogen and oxygen atoms in total. The standard InChI is InChI=1S/C28H34N2O5/c1-6-34-28(33)27-20(5)30(17-25(31)29-19(4)18(2)3)26(32)16-24(27)21-11-10-14-23(15-21)35-22-12-8-7-9-13-22/h7-15,18-19,24H,6,16-17H2,1-5H3,(H,29,31). The maximum absolute atomic E-state index is 13.2. The first-order chi connectivity index (χ1) is 16.7. The predicted octanol–water partition coefficient (Wildman–Crippen LogP) is 4.79. The zero-order valence-corrected chi connectivity index (χ0v) is 21.0. The summed E-state index contributed by atoms with van der Waals surface area (Å²) in [5.41, 5.74) is 1.59. The van der Waals surface area contributed by atoms with Crippen LogP contribution in [0.15, 0.2) is 65.9 Å². The van der Waals surface area contributed by atoms with Gasteiger partial charge in [0.25, 0.3) is 0 Å². The number of carbonyl (C=O) groups is 3. The molecule has 1 N–H and O–H groups in total. The van der Waals surface area contributed by atoms with E-state index in [-0.39, 0.29) is 43.3 Å². The van der Waals surface area contributed by atoms with Crippen molar-refractivity contribution in [2.75, 3.05) is 13.2 Å². The molecule has 0 saturated carbocycles. The predicted molar refractivity (Wildman–Crippen MR) is 134 cm³/mol. The van der Waals surface area contributed by atoms with Gasteiger partial charge in [-0.1, -0.05) is 44.2 Å². The van der Waals surface area contributed by atoms with Gasteiger partial charge in [-0.2, -0.15) is 0 Å². The third-order valence-corrected chi connectivity index (χ3v) is 6.25. The van der Waals surface area contributed by atoms with Crippen LogP contribution < -0.4 is 10.1 Å². The van der Waals surface area contributed by atoms with Crippen LogP contribution in [0.3, 0.4) is 0 Å². The van der Waals surface area contributed by atoms with E-state index < -0.39 is 11.9 Å². The van der Waals surface area contributed by atoms with Crippen molar-refractivity contribution in [3.8, 4) is 11.5 Å². The van der Waals surface area contributed by atoms with Gasteiger partial charge in [-0.05, 0) is 56.5 Å². The molecule has 2 aromatic rings. The second-order valence-electron chi connectivity index (χ2n) is 9.04. The number of nitrogens with one attached hydrogen (secondary N) is 1. The molecule has 0 bridgehead atoms. The van der Waals surface area contributed by atoms with Gasteiger partial charge in [-0.3, -0.25) is 9.59 Å². The van der Waals surface area contributed by atoms with Crippen LogP contribution in [-0.4, -0.2) is 41.9 Å². The second kappa shape index (κ2) is 11.7. The summed E-state index contributed by atoms with van der Waals surface area (Å²) >= 11 is 0. The van der Waals surface area contributed by atoms with Crippen molar-refractivity contribution in [1.82, 2.24) is 10.2 Å². The number of esters is 1. The van der Waals surface area contributed by atoms with E-state index >= 15 is 0 Å². The summed E-state index contributed by atoms with van der Waals surface area (Å²) in [5.74, 6) is 0.0761. The SMILES string of the molecule is CCOC(=O)C1=C(C)N(CC(=O)NC(C)C(C)C)C(=O)CC1c1cccc(Oc2ccccc2)c1. The van der Waals surface area contributed by atoms with E-state index in [1.54, 1.807) is 13.8 Å². The summed E-state index contributed by atoms with van der Waals surface area (Å²) in [6.45, 7) is 9.45. The molecular weight excluding hydrogens is 444 g/mol. The summed E-state index contributed by atoms with van der Waals surface area (Å²) < 4.78 is 11.3. The lowest BCUT2D eigenvalue weighted by Crippen LogP contribution is -2.46. The Labute approximate surface area is 207 Å². The van der Waals surface area contributed by atoms with E-state index in [4.69, 9.17) is 9.47 Å². The van der Waals surface area contributed by atoms with E-state index in [0.717, 1.165) is 5.56 Å². The van der Waals surface area contributed by atoms with Crippen LogP contribution in [0.2, 0.25) is 0 Å². The normalized spacial score (nSPS) is 16.8. The highest BCUT2D eigenvalue weighted by molar-refractivity contribution is 5.97.